The summed E-state index contributed by atoms with van der Waals surface area (Å²) in [5, 5.41) is 3.90. The first-order valence-corrected chi connectivity index (χ1v) is 6.57. The zero-order valence-corrected chi connectivity index (χ0v) is 9.34. The van der Waals surface area contributed by atoms with Gasteiger partial charge in [-0.3, -0.25) is 0 Å². The van der Waals surface area contributed by atoms with Crippen LogP contribution in [0.1, 0.15) is 51.9 Å². The summed E-state index contributed by atoms with van der Waals surface area (Å²) in [7, 11) is 0. The molecule has 0 spiro atoms. The van der Waals surface area contributed by atoms with Crippen LogP contribution in [0.3, 0.4) is 0 Å². The third-order valence-corrected chi connectivity index (χ3v) is 4.73. The average Bonchev–Trinajstić information content (AvgIpc) is 2.79. The van der Waals surface area contributed by atoms with Crippen LogP contribution in [0.2, 0.25) is 0 Å². The summed E-state index contributed by atoms with van der Waals surface area (Å²) < 4.78 is 0. The van der Waals surface area contributed by atoms with Gasteiger partial charge in [0.2, 0.25) is 0 Å². The van der Waals surface area contributed by atoms with Crippen LogP contribution in [-0.4, -0.2) is 12.1 Å². The first-order valence-electron chi connectivity index (χ1n) is 6.57. The lowest BCUT2D eigenvalue weighted by atomic mass is 9.87. The van der Waals surface area contributed by atoms with Crippen molar-refractivity contribution in [2.75, 3.05) is 0 Å². The fourth-order valence-electron chi connectivity index (χ4n) is 3.61. The molecular weight excluding hydrogens is 170 g/mol. The second-order valence-corrected chi connectivity index (χ2v) is 6.05. The molecule has 2 unspecified atom stereocenters. The van der Waals surface area contributed by atoms with Crippen LogP contribution in [0.15, 0.2) is 0 Å². The van der Waals surface area contributed by atoms with Crippen LogP contribution in [0, 0.1) is 17.8 Å². The highest BCUT2D eigenvalue weighted by atomic mass is 15.0. The third-order valence-electron chi connectivity index (χ3n) is 4.73. The van der Waals surface area contributed by atoms with E-state index in [1.165, 1.54) is 38.5 Å². The highest BCUT2D eigenvalue weighted by Crippen LogP contribution is 2.51. The second-order valence-electron chi connectivity index (χ2n) is 6.05. The van der Waals surface area contributed by atoms with E-state index >= 15 is 0 Å². The van der Waals surface area contributed by atoms with Crippen LogP contribution in [0.4, 0.5) is 0 Å². The molecule has 0 amide bonds. The standard InChI is InChI=1S/C13H23N/c1-9-2-4-12(5-3-9)14-13-7-10-6-11(10)8-13/h9-14H,2-8H2,1H3. The quantitative estimate of drug-likeness (QED) is 0.711. The van der Waals surface area contributed by atoms with E-state index in [0.717, 1.165) is 29.8 Å². The molecule has 3 saturated carbocycles. The Bertz CT molecular complexity index is 195. The Morgan fingerprint density at radius 2 is 1.43 bits per heavy atom. The maximum atomic E-state index is 3.90. The van der Waals surface area contributed by atoms with Crippen LogP contribution in [0.5, 0.6) is 0 Å². The van der Waals surface area contributed by atoms with Crippen molar-refractivity contribution < 1.29 is 0 Å². The van der Waals surface area contributed by atoms with Gasteiger partial charge < -0.3 is 5.32 Å². The lowest BCUT2D eigenvalue weighted by Crippen LogP contribution is -2.39. The Morgan fingerprint density at radius 3 is 2.07 bits per heavy atom. The van der Waals surface area contributed by atoms with Crippen LogP contribution < -0.4 is 5.32 Å². The van der Waals surface area contributed by atoms with Gasteiger partial charge in [-0.2, -0.15) is 0 Å². The van der Waals surface area contributed by atoms with Crippen LogP contribution in [-0.2, 0) is 0 Å². The summed E-state index contributed by atoms with van der Waals surface area (Å²) >= 11 is 0. The van der Waals surface area contributed by atoms with Crippen molar-refractivity contribution in [1.29, 1.82) is 0 Å². The van der Waals surface area contributed by atoms with E-state index < -0.39 is 0 Å². The highest BCUT2D eigenvalue weighted by Gasteiger charge is 2.46. The number of rotatable bonds is 2. The highest BCUT2D eigenvalue weighted by molar-refractivity contribution is 4.99. The van der Waals surface area contributed by atoms with Crippen molar-refractivity contribution in [1.82, 2.24) is 5.32 Å². The summed E-state index contributed by atoms with van der Waals surface area (Å²) in [6, 6.07) is 1.77. The van der Waals surface area contributed by atoms with E-state index in [0.29, 0.717) is 0 Å². The molecule has 0 saturated heterocycles. The van der Waals surface area contributed by atoms with Crippen LogP contribution >= 0.6 is 0 Å². The van der Waals surface area contributed by atoms with Gasteiger partial charge in [-0.1, -0.05) is 6.92 Å². The van der Waals surface area contributed by atoms with Gasteiger partial charge in [0.15, 0.2) is 0 Å². The van der Waals surface area contributed by atoms with Crippen molar-refractivity contribution in [3.63, 3.8) is 0 Å². The Morgan fingerprint density at radius 1 is 0.786 bits per heavy atom. The van der Waals surface area contributed by atoms with E-state index in [1.54, 1.807) is 6.42 Å². The monoisotopic (exact) mass is 193 g/mol. The number of hydrogen-bond acceptors (Lipinski definition) is 1. The maximum absolute atomic E-state index is 3.90. The fraction of sp³-hybridized carbons (Fsp3) is 1.00. The molecule has 3 aliphatic rings. The van der Waals surface area contributed by atoms with Crippen molar-refractivity contribution in [3.8, 4) is 0 Å². The SMILES string of the molecule is CC1CCC(NC2CC3CC3C2)CC1. The Kier molecular flexibility index (Phi) is 2.31. The molecule has 0 bridgehead atoms. The molecule has 0 heterocycles. The smallest absolute Gasteiger partial charge is 0.00751 e. The maximum Gasteiger partial charge on any atom is 0.00751 e. The molecule has 0 aliphatic heterocycles. The summed E-state index contributed by atoms with van der Waals surface area (Å²) in [4.78, 5) is 0. The first-order chi connectivity index (χ1) is 6.81. The van der Waals surface area contributed by atoms with Gasteiger partial charge in [-0.15, -0.1) is 0 Å². The molecule has 0 aromatic rings. The summed E-state index contributed by atoms with van der Waals surface area (Å²) in [6.45, 7) is 2.40. The van der Waals surface area contributed by atoms with Crippen molar-refractivity contribution >= 4 is 0 Å². The van der Waals surface area contributed by atoms with Gasteiger partial charge in [-0.25, -0.2) is 0 Å². The van der Waals surface area contributed by atoms with Gasteiger partial charge in [0.25, 0.3) is 0 Å². The van der Waals surface area contributed by atoms with Crippen molar-refractivity contribution in [3.05, 3.63) is 0 Å². The minimum atomic E-state index is 0.869. The lowest BCUT2D eigenvalue weighted by Gasteiger charge is -2.30. The first kappa shape index (κ1) is 9.21. The van der Waals surface area contributed by atoms with Gasteiger partial charge in [-0.05, 0) is 62.7 Å². The van der Waals surface area contributed by atoms with Crippen molar-refractivity contribution in [2.45, 2.75) is 64.0 Å². The zero-order valence-electron chi connectivity index (χ0n) is 9.34. The molecule has 1 heteroatoms. The molecule has 1 nitrogen and oxygen atoms in total. The molecule has 0 aromatic heterocycles. The Hall–Kier alpha value is -0.0400. The molecule has 3 fully saturated rings. The molecule has 2 atom stereocenters. The second kappa shape index (κ2) is 3.52. The Balaban J connectivity index is 1.44. The van der Waals surface area contributed by atoms with Gasteiger partial charge >= 0.3 is 0 Å². The van der Waals surface area contributed by atoms with E-state index in [2.05, 4.69) is 12.2 Å². The molecule has 1 N–H and O–H groups in total. The average molecular weight is 193 g/mol. The lowest BCUT2D eigenvalue weighted by molar-refractivity contribution is 0.281. The molecule has 3 rings (SSSR count). The largest absolute Gasteiger partial charge is 0.311 e. The summed E-state index contributed by atoms with van der Waals surface area (Å²) in [5.74, 6) is 3.26. The van der Waals surface area contributed by atoms with Crippen LogP contribution in [0.25, 0.3) is 0 Å². The molecular formula is C13H23N. The third kappa shape index (κ3) is 1.84. The van der Waals surface area contributed by atoms with E-state index in [4.69, 9.17) is 0 Å². The molecule has 3 aliphatic carbocycles. The van der Waals surface area contributed by atoms with E-state index in [1.807, 2.05) is 0 Å². The molecule has 14 heavy (non-hydrogen) atoms. The minimum Gasteiger partial charge on any atom is -0.311 e. The summed E-state index contributed by atoms with van der Waals surface area (Å²) in [6.07, 6.45) is 10.3. The number of fused-ring (bicyclic) bond motifs is 1. The molecule has 80 valence electrons. The Labute approximate surface area is 87.7 Å². The van der Waals surface area contributed by atoms with E-state index in [9.17, 15) is 0 Å². The molecule has 0 radical (unpaired) electrons. The summed E-state index contributed by atoms with van der Waals surface area (Å²) in [5.41, 5.74) is 0. The molecule has 0 aromatic carbocycles. The predicted octanol–water partition coefficient (Wildman–Crippen LogP) is 2.95. The fourth-order valence-corrected chi connectivity index (χ4v) is 3.61. The minimum absolute atomic E-state index is 0.869. The van der Waals surface area contributed by atoms with Gasteiger partial charge in [0.1, 0.15) is 0 Å². The number of hydrogen-bond donors (Lipinski definition) is 1. The number of nitrogens with one attached hydrogen (secondary N) is 1. The topological polar surface area (TPSA) is 12.0 Å². The normalized spacial score (nSPS) is 51.6. The van der Waals surface area contributed by atoms with E-state index in [-0.39, 0.29) is 0 Å². The van der Waals surface area contributed by atoms with Crippen molar-refractivity contribution in [2.24, 2.45) is 17.8 Å². The van der Waals surface area contributed by atoms with Gasteiger partial charge in [0.05, 0.1) is 0 Å². The zero-order chi connectivity index (χ0) is 9.54. The van der Waals surface area contributed by atoms with Gasteiger partial charge in [0, 0.05) is 12.1 Å². The predicted molar refractivity (Wildman–Crippen MR) is 59.2 cm³/mol.